The van der Waals surface area contributed by atoms with Crippen LogP contribution >= 0.6 is 11.8 Å². The highest BCUT2D eigenvalue weighted by Gasteiger charge is 2.34. The highest BCUT2D eigenvalue weighted by Crippen LogP contribution is 2.23. The standard InChI is InChI=1S/C15H17NO4S/c1-10(9-13(17)18)21-8-4-7-16-14(19)11-5-2-3-6-12(11)15(16)20/h2-3,5-6,10H,4,7-9H2,1H3,(H,17,18). The lowest BCUT2D eigenvalue weighted by molar-refractivity contribution is -0.136. The number of hydrogen-bond acceptors (Lipinski definition) is 4. The van der Waals surface area contributed by atoms with E-state index in [0.29, 0.717) is 24.1 Å². The molecule has 0 saturated carbocycles. The highest BCUT2D eigenvalue weighted by atomic mass is 32.2. The average Bonchev–Trinajstić information content (AvgIpc) is 2.68. The fraction of sp³-hybridized carbons (Fsp3) is 0.400. The fourth-order valence-corrected chi connectivity index (χ4v) is 3.21. The minimum atomic E-state index is -0.810. The Kier molecular flexibility index (Phi) is 5.01. The predicted molar refractivity (Wildman–Crippen MR) is 80.6 cm³/mol. The fourth-order valence-electron chi connectivity index (χ4n) is 2.25. The molecule has 5 nitrogen and oxygen atoms in total. The maximum atomic E-state index is 12.1. The number of thioether (sulfide) groups is 1. The first-order chi connectivity index (χ1) is 10.0. The lowest BCUT2D eigenvalue weighted by atomic mass is 10.1. The van der Waals surface area contributed by atoms with Gasteiger partial charge in [0.25, 0.3) is 11.8 Å². The summed E-state index contributed by atoms with van der Waals surface area (Å²) < 4.78 is 0. The third-order valence-corrected chi connectivity index (χ3v) is 4.53. The van der Waals surface area contributed by atoms with Crippen LogP contribution in [0.15, 0.2) is 24.3 Å². The largest absolute Gasteiger partial charge is 0.481 e. The summed E-state index contributed by atoms with van der Waals surface area (Å²) in [6.45, 7) is 2.24. The zero-order valence-electron chi connectivity index (χ0n) is 11.7. The first-order valence-electron chi connectivity index (χ1n) is 6.79. The third kappa shape index (κ3) is 3.64. The molecule has 112 valence electrons. The van der Waals surface area contributed by atoms with Gasteiger partial charge >= 0.3 is 5.97 Å². The molecule has 0 radical (unpaired) electrons. The SMILES string of the molecule is CC(CC(=O)O)SCCCN1C(=O)c2ccccc2C1=O. The highest BCUT2D eigenvalue weighted by molar-refractivity contribution is 7.99. The van der Waals surface area contributed by atoms with Gasteiger partial charge in [-0.05, 0) is 24.3 Å². The van der Waals surface area contributed by atoms with Gasteiger partial charge in [0, 0.05) is 11.8 Å². The van der Waals surface area contributed by atoms with E-state index in [1.165, 1.54) is 4.90 Å². The third-order valence-electron chi connectivity index (χ3n) is 3.27. The molecule has 21 heavy (non-hydrogen) atoms. The Morgan fingerprint density at radius 2 is 1.81 bits per heavy atom. The molecule has 1 atom stereocenters. The van der Waals surface area contributed by atoms with Gasteiger partial charge in [0.2, 0.25) is 0 Å². The van der Waals surface area contributed by atoms with E-state index in [1.54, 1.807) is 36.0 Å². The first-order valence-corrected chi connectivity index (χ1v) is 7.84. The van der Waals surface area contributed by atoms with E-state index in [2.05, 4.69) is 0 Å². The van der Waals surface area contributed by atoms with Crippen molar-refractivity contribution >= 4 is 29.5 Å². The quantitative estimate of drug-likeness (QED) is 0.618. The van der Waals surface area contributed by atoms with E-state index in [9.17, 15) is 14.4 Å². The molecule has 2 rings (SSSR count). The number of amides is 2. The number of carbonyl (C=O) groups excluding carboxylic acids is 2. The zero-order valence-corrected chi connectivity index (χ0v) is 12.6. The molecule has 1 heterocycles. The summed E-state index contributed by atoms with van der Waals surface area (Å²) in [5.41, 5.74) is 0.934. The van der Waals surface area contributed by atoms with Crippen LogP contribution in [-0.2, 0) is 4.79 Å². The smallest absolute Gasteiger partial charge is 0.304 e. The first kappa shape index (κ1) is 15.6. The molecule has 1 aliphatic rings. The summed E-state index contributed by atoms with van der Waals surface area (Å²) in [5.74, 6) is -0.560. The molecular weight excluding hydrogens is 290 g/mol. The van der Waals surface area contributed by atoms with Crippen molar-refractivity contribution in [1.29, 1.82) is 0 Å². The molecular formula is C15H17NO4S. The van der Waals surface area contributed by atoms with Gasteiger partial charge in [-0.25, -0.2) is 0 Å². The second kappa shape index (κ2) is 6.76. The number of carbonyl (C=O) groups is 3. The van der Waals surface area contributed by atoms with Crippen LogP contribution in [0, 0.1) is 0 Å². The normalized spacial score (nSPS) is 15.2. The van der Waals surface area contributed by atoms with Crippen molar-refractivity contribution in [3.63, 3.8) is 0 Å². The van der Waals surface area contributed by atoms with Crippen LogP contribution in [0.4, 0.5) is 0 Å². The Hall–Kier alpha value is -1.82. The summed E-state index contributed by atoms with van der Waals surface area (Å²) in [6.07, 6.45) is 0.789. The minimum absolute atomic E-state index is 0.0321. The van der Waals surface area contributed by atoms with Crippen LogP contribution in [0.5, 0.6) is 0 Å². The Balaban J connectivity index is 1.82. The van der Waals surface area contributed by atoms with Gasteiger partial charge in [0.15, 0.2) is 0 Å². The minimum Gasteiger partial charge on any atom is -0.481 e. The molecule has 1 unspecified atom stereocenters. The number of imide groups is 1. The molecule has 2 amide bonds. The second-order valence-corrected chi connectivity index (χ2v) is 6.49. The second-order valence-electron chi connectivity index (χ2n) is 4.94. The molecule has 1 aliphatic heterocycles. The molecule has 1 N–H and O–H groups in total. The Labute approximate surface area is 127 Å². The van der Waals surface area contributed by atoms with Crippen molar-refractivity contribution < 1.29 is 19.5 Å². The molecule has 1 aromatic carbocycles. The van der Waals surface area contributed by atoms with Crippen molar-refractivity contribution in [3.05, 3.63) is 35.4 Å². The summed E-state index contributed by atoms with van der Waals surface area (Å²) in [6, 6.07) is 6.83. The number of carboxylic acid groups (broad SMARTS) is 1. The monoisotopic (exact) mass is 307 g/mol. The molecule has 0 spiro atoms. The Morgan fingerprint density at radius 1 is 1.24 bits per heavy atom. The van der Waals surface area contributed by atoms with Gasteiger partial charge in [0.05, 0.1) is 17.5 Å². The van der Waals surface area contributed by atoms with Gasteiger partial charge in [-0.15, -0.1) is 0 Å². The van der Waals surface area contributed by atoms with Crippen LogP contribution in [0.25, 0.3) is 0 Å². The number of nitrogens with zero attached hydrogens (tertiary/aromatic N) is 1. The van der Waals surface area contributed by atoms with Gasteiger partial charge < -0.3 is 5.11 Å². The maximum Gasteiger partial charge on any atom is 0.304 e. The average molecular weight is 307 g/mol. The topological polar surface area (TPSA) is 74.7 Å². The summed E-state index contributed by atoms with van der Waals surface area (Å²) in [4.78, 5) is 36.0. The van der Waals surface area contributed by atoms with Crippen LogP contribution in [0.2, 0.25) is 0 Å². The van der Waals surface area contributed by atoms with Crippen LogP contribution < -0.4 is 0 Å². The van der Waals surface area contributed by atoms with Crippen LogP contribution in [0.3, 0.4) is 0 Å². The van der Waals surface area contributed by atoms with Crippen molar-refractivity contribution in [2.75, 3.05) is 12.3 Å². The predicted octanol–water partition coefficient (Wildman–Crippen LogP) is 2.27. The molecule has 1 aromatic rings. The number of aliphatic carboxylic acids is 1. The van der Waals surface area contributed by atoms with Crippen LogP contribution in [-0.4, -0.2) is 45.3 Å². The lowest BCUT2D eigenvalue weighted by Gasteiger charge is -2.14. The molecule has 0 saturated heterocycles. The van der Waals surface area contributed by atoms with E-state index in [1.807, 2.05) is 6.92 Å². The maximum absolute atomic E-state index is 12.1. The van der Waals surface area contributed by atoms with Gasteiger partial charge in [-0.3, -0.25) is 19.3 Å². The molecule has 0 bridgehead atoms. The lowest BCUT2D eigenvalue weighted by Crippen LogP contribution is -2.31. The van der Waals surface area contributed by atoms with E-state index in [0.717, 1.165) is 5.75 Å². The number of carboxylic acids is 1. The van der Waals surface area contributed by atoms with Gasteiger partial charge in [-0.2, -0.15) is 11.8 Å². The van der Waals surface area contributed by atoms with Crippen molar-refractivity contribution in [3.8, 4) is 0 Å². The van der Waals surface area contributed by atoms with Gasteiger partial charge in [-0.1, -0.05) is 19.1 Å². The zero-order chi connectivity index (χ0) is 15.4. The van der Waals surface area contributed by atoms with E-state index >= 15 is 0 Å². The van der Waals surface area contributed by atoms with Crippen molar-refractivity contribution in [2.24, 2.45) is 0 Å². The van der Waals surface area contributed by atoms with Crippen molar-refractivity contribution in [1.82, 2.24) is 4.90 Å². The summed E-state index contributed by atoms with van der Waals surface area (Å²) in [5, 5.41) is 8.70. The molecule has 0 aliphatic carbocycles. The summed E-state index contributed by atoms with van der Waals surface area (Å²) >= 11 is 1.54. The summed E-state index contributed by atoms with van der Waals surface area (Å²) in [7, 11) is 0. The molecule has 0 fully saturated rings. The van der Waals surface area contributed by atoms with Crippen LogP contribution in [0.1, 0.15) is 40.5 Å². The molecule has 0 aromatic heterocycles. The number of benzene rings is 1. The van der Waals surface area contributed by atoms with Gasteiger partial charge in [0.1, 0.15) is 0 Å². The van der Waals surface area contributed by atoms with E-state index < -0.39 is 5.97 Å². The number of hydrogen-bond donors (Lipinski definition) is 1. The van der Waals surface area contributed by atoms with E-state index in [-0.39, 0.29) is 23.5 Å². The molecule has 6 heteroatoms. The number of fused-ring (bicyclic) bond motifs is 1. The van der Waals surface area contributed by atoms with Crippen molar-refractivity contribution in [2.45, 2.75) is 25.0 Å². The van der Waals surface area contributed by atoms with E-state index in [4.69, 9.17) is 5.11 Å². The number of rotatable bonds is 7. The Morgan fingerprint density at radius 3 is 2.33 bits per heavy atom. The Bertz CT molecular complexity index is 538.